The average molecular weight is 318 g/mol. The molecule has 1 N–H and O–H groups in total. The van der Waals surface area contributed by atoms with E-state index in [1.165, 1.54) is 18.5 Å². The number of halogens is 2. The van der Waals surface area contributed by atoms with E-state index in [1.807, 2.05) is 14.0 Å². The Bertz CT molecular complexity index is 409. The van der Waals surface area contributed by atoms with Crippen LogP contribution >= 0.6 is 27.5 Å². The summed E-state index contributed by atoms with van der Waals surface area (Å²) in [6.45, 7) is 4.19. The van der Waals surface area contributed by atoms with E-state index in [1.54, 1.807) is 0 Å². The van der Waals surface area contributed by atoms with Gasteiger partial charge >= 0.3 is 0 Å². The van der Waals surface area contributed by atoms with Crippen molar-refractivity contribution in [3.63, 3.8) is 0 Å². The van der Waals surface area contributed by atoms with E-state index in [0.29, 0.717) is 6.04 Å². The molecule has 1 atom stereocenters. The van der Waals surface area contributed by atoms with Gasteiger partial charge in [-0.1, -0.05) is 11.6 Å². The molecule has 2 nitrogen and oxygen atoms in total. The maximum absolute atomic E-state index is 6.21. The standard InChI is InChI=1S/C13H18BrClN2/c1-9-6-11(14)13(7-12(9)15)17-5-3-4-10(8-17)16-2/h6-7,10,16H,3-5,8H2,1-2H3. The lowest BCUT2D eigenvalue weighted by Gasteiger charge is -2.35. The van der Waals surface area contributed by atoms with Gasteiger partial charge < -0.3 is 10.2 Å². The van der Waals surface area contributed by atoms with E-state index in [4.69, 9.17) is 11.6 Å². The van der Waals surface area contributed by atoms with Gasteiger partial charge in [0, 0.05) is 28.6 Å². The third-order valence-electron chi connectivity index (χ3n) is 3.40. The minimum atomic E-state index is 0.579. The lowest BCUT2D eigenvalue weighted by Crippen LogP contribution is -2.44. The zero-order valence-electron chi connectivity index (χ0n) is 10.3. The first-order chi connectivity index (χ1) is 8.11. The molecule has 1 saturated heterocycles. The molecule has 2 rings (SSSR count). The van der Waals surface area contributed by atoms with Crippen molar-refractivity contribution in [2.24, 2.45) is 0 Å². The van der Waals surface area contributed by atoms with Gasteiger partial charge in [0.05, 0.1) is 5.69 Å². The van der Waals surface area contributed by atoms with Crippen molar-refractivity contribution in [2.75, 3.05) is 25.0 Å². The highest BCUT2D eigenvalue weighted by Gasteiger charge is 2.20. The summed E-state index contributed by atoms with van der Waals surface area (Å²) < 4.78 is 1.14. The number of hydrogen-bond acceptors (Lipinski definition) is 2. The monoisotopic (exact) mass is 316 g/mol. The predicted octanol–water partition coefficient (Wildman–Crippen LogP) is 3.60. The number of anilines is 1. The molecule has 17 heavy (non-hydrogen) atoms. The second-order valence-electron chi connectivity index (χ2n) is 4.63. The van der Waals surface area contributed by atoms with Crippen molar-refractivity contribution in [3.05, 3.63) is 27.2 Å². The number of hydrogen-bond donors (Lipinski definition) is 1. The maximum atomic E-state index is 6.21. The van der Waals surface area contributed by atoms with E-state index in [-0.39, 0.29) is 0 Å². The highest BCUT2D eigenvalue weighted by molar-refractivity contribution is 9.10. The van der Waals surface area contributed by atoms with Crippen LogP contribution in [0.1, 0.15) is 18.4 Å². The average Bonchev–Trinajstić information content (AvgIpc) is 2.34. The lowest BCUT2D eigenvalue weighted by atomic mass is 10.0. The number of nitrogens with one attached hydrogen (secondary N) is 1. The highest BCUT2D eigenvalue weighted by Crippen LogP contribution is 2.33. The molecule has 0 amide bonds. The smallest absolute Gasteiger partial charge is 0.0526 e. The molecule has 0 saturated carbocycles. The Kier molecular flexibility index (Phi) is 4.34. The molecule has 0 aliphatic carbocycles. The maximum Gasteiger partial charge on any atom is 0.0526 e. The summed E-state index contributed by atoms with van der Waals surface area (Å²) in [7, 11) is 2.03. The zero-order chi connectivity index (χ0) is 12.4. The molecule has 0 bridgehead atoms. The Balaban J connectivity index is 2.24. The van der Waals surface area contributed by atoms with Crippen molar-refractivity contribution in [1.29, 1.82) is 0 Å². The molecule has 1 aromatic rings. The fourth-order valence-electron chi connectivity index (χ4n) is 2.31. The van der Waals surface area contributed by atoms with E-state index >= 15 is 0 Å². The zero-order valence-corrected chi connectivity index (χ0v) is 12.6. The molecule has 0 radical (unpaired) electrons. The van der Waals surface area contributed by atoms with Crippen molar-refractivity contribution >= 4 is 33.2 Å². The van der Waals surface area contributed by atoms with Crippen LogP contribution in [0.25, 0.3) is 0 Å². The van der Waals surface area contributed by atoms with Crippen LogP contribution in [0.15, 0.2) is 16.6 Å². The Hall–Kier alpha value is -0.250. The third-order valence-corrected chi connectivity index (χ3v) is 4.44. The Morgan fingerprint density at radius 2 is 2.24 bits per heavy atom. The van der Waals surface area contributed by atoms with Gasteiger partial charge in [-0.05, 0) is 60.4 Å². The Morgan fingerprint density at radius 1 is 1.47 bits per heavy atom. The first-order valence-corrected chi connectivity index (χ1v) is 7.16. The topological polar surface area (TPSA) is 15.3 Å². The SMILES string of the molecule is CNC1CCCN(c2cc(Cl)c(C)cc2Br)C1. The van der Waals surface area contributed by atoms with Crippen LogP contribution in [0.3, 0.4) is 0 Å². The van der Waals surface area contributed by atoms with Gasteiger partial charge in [-0.2, -0.15) is 0 Å². The largest absolute Gasteiger partial charge is 0.369 e. The summed E-state index contributed by atoms with van der Waals surface area (Å²) in [5.41, 5.74) is 2.32. The van der Waals surface area contributed by atoms with E-state index in [9.17, 15) is 0 Å². The van der Waals surface area contributed by atoms with Gasteiger partial charge in [-0.3, -0.25) is 0 Å². The number of likely N-dealkylation sites (N-methyl/N-ethyl adjacent to an activating group) is 1. The number of aryl methyl sites for hydroxylation is 1. The molecule has 1 heterocycles. The van der Waals surface area contributed by atoms with Gasteiger partial charge in [-0.25, -0.2) is 0 Å². The number of piperidine rings is 1. The summed E-state index contributed by atoms with van der Waals surface area (Å²) >= 11 is 9.85. The fraction of sp³-hybridized carbons (Fsp3) is 0.538. The molecule has 94 valence electrons. The molecule has 0 aromatic heterocycles. The molecule has 1 unspecified atom stereocenters. The van der Waals surface area contributed by atoms with Crippen molar-refractivity contribution in [1.82, 2.24) is 5.32 Å². The Labute approximate surface area is 116 Å². The second-order valence-corrected chi connectivity index (χ2v) is 5.89. The van der Waals surface area contributed by atoms with Crippen LogP contribution in [0.2, 0.25) is 5.02 Å². The molecule has 4 heteroatoms. The van der Waals surface area contributed by atoms with E-state index < -0.39 is 0 Å². The number of rotatable bonds is 2. The second kappa shape index (κ2) is 5.59. The minimum Gasteiger partial charge on any atom is -0.369 e. The summed E-state index contributed by atoms with van der Waals surface area (Å²) in [6, 6.07) is 4.75. The first kappa shape index (κ1) is 13.2. The van der Waals surface area contributed by atoms with Crippen LogP contribution in [-0.2, 0) is 0 Å². The lowest BCUT2D eigenvalue weighted by molar-refractivity contribution is 0.449. The van der Waals surface area contributed by atoms with E-state index in [0.717, 1.165) is 28.1 Å². The van der Waals surface area contributed by atoms with Crippen LogP contribution in [0, 0.1) is 6.92 Å². The molecular weight excluding hydrogens is 300 g/mol. The highest BCUT2D eigenvalue weighted by atomic mass is 79.9. The summed E-state index contributed by atoms with van der Waals surface area (Å²) in [5, 5.41) is 4.20. The molecule has 1 fully saturated rings. The quantitative estimate of drug-likeness (QED) is 0.896. The van der Waals surface area contributed by atoms with Crippen LogP contribution in [-0.4, -0.2) is 26.2 Å². The van der Waals surface area contributed by atoms with Crippen molar-refractivity contribution in [3.8, 4) is 0 Å². The molecule has 1 aliphatic rings. The van der Waals surface area contributed by atoms with Gasteiger partial charge in [0.25, 0.3) is 0 Å². The fourth-order valence-corrected chi connectivity index (χ4v) is 3.18. The van der Waals surface area contributed by atoms with Gasteiger partial charge in [-0.15, -0.1) is 0 Å². The van der Waals surface area contributed by atoms with Gasteiger partial charge in [0.15, 0.2) is 0 Å². The van der Waals surface area contributed by atoms with Gasteiger partial charge in [0.2, 0.25) is 0 Å². The number of nitrogens with zero attached hydrogens (tertiary/aromatic N) is 1. The third kappa shape index (κ3) is 2.95. The molecule has 0 spiro atoms. The normalized spacial score (nSPS) is 20.7. The van der Waals surface area contributed by atoms with Crippen LogP contribution in [0.5, 0.6) is 0 Å². The summed E-state index contributed by atoms with van der Waals surface area (Å²) in [5.74, 6) is 0. The predicted molar refractivity (Wildman–Crippen MR) is 78.2 cm³/mol. The number of benzene rings is 1. The van der Waals surface area contributed by atoms with Crippen molar-refractivity contribution in [2.45, 2.75) is 25.8 Å². The van der Waals surface area contributed by atoms with Gasteiger partial charge in [0.1, 0.15) is 0 Å². The Morgan fingerprint density at radius 3 is 2.94 bits per heavy atom. The van der Waals surface area contributed by atoms with Crippen LogP contribution < -0.4 is 10.2 Å². The van der Waals surface area contributed by atoms with E-state index in [2.05, 4.69) is 38.3 Å². The minimum absolute atomic E-state index is 0.579. The molecule has 1 aromatic carbocycles. The summed E-state index contributed by atoms with van der Waals surface area (Å²) in [6.07, 6.45) is 2.48. The summed E-state index contributed by atoms with van der Waals surface area (Å²) in [4.78, 5) is 2.40. The first-order valence-electron chi connectivity index (χ1n) is 5.99. The molecular formula is C13H18BrClN2. The van der Waals surface area contributed by atoms with Crippen molar-refractivity contribution < 1.29 is 0 Å². The molecule has 1 aliphatic heterocycles. The van der Waals surface area contributed by atoms with Crippen LogP contribution in [0.4, 0.5) is 5.69 Å².